The summed E-state index contributed by atoms with van der Waals surface area (Å²) in [5, 5.41) is 0. The molecule has 2 rings (SSSR count). The van der Waals surface area contributed by atoms with E-state index in [1.807, 2.05) is 13.0 Å². The summed E-state index contributed by atoms with van der Waals surface area (Å²) in [6, 6.07) is 6.36. The molecule has 0 amide bonds. The van der Waals surface area contributed by atoms with Gasteiger partial charge in [-0.15, -0.1) is 0 Å². The van der Waals surface area contributed by atoms with Crippen LogP contribution in [0.4, 0.5) is 0 Å². The van der Waals surface area contributed by atoms with E-state index in [2.05, 4.69) is 16.9 Å². The molecule has 110 valence electrons. The molecule has 0 saturated heterocycles. The summed E-state index contributed by atoms with van der Waals surface area (Å²) in [5.74, 6) is 1.10. The number of methoxy groups -OCH3 is 1. The number of nitrogens with two attached hydrogens (primary N) is 1. The third kappa shape index (κ3) is 3.31. The molecule has 0 aliphatic heterocycles. The van der Waals surface area contributed by atoms with Crippen LogP contribution in [0.15, 0.2) is 18.2 Å². The van der Waals surface area contributed by atoms with Crippen LogP contribution in [0, 0.1) is 0 Å². The molecular formula is C16H23NO3. The van der Waals surface area contributed by atoms with E-state index in [4.69, 9.17) is 10.5 Å². The van der Waals surface area contributed by atoms with Gasteiger partial charge in [0.2, 0.25) is 0 Å². The Morgan fingerprint density at radius 3 is 2.95 bits per heavy atom. The summed E-state index contributed by atoms with van der Waals surface area (Å²) in [5.41, 5.74) is 8.84. The molecule has 0 spiro atoms. The average Bonchev–Trinajstić information content (AvgIpc) is 2.74. The molecule has 1 aromatic rings. The highest BCUT2D eigenvalue weighted by Crippen LogP contribution is 2.37. The first-order chi connectivity index (χ1) is 9.65. The molecule has 20 heavy (non-hydrogen) atoms. The Bertz CT molecular complexity index is 473. The van der Waals surface area contributed by atoms with Gasteiger partial charge in [-0.05, 0) is 55.4 Å². The fraction of sp³-hybridized carbons (Fsp3) is 0.562. The zero-order valence-corrected chi connectivity index (χ0v) is 12.2. The number of esters is 1. The Morgan fingerprint density at radius 1 is 1.45 bits per heavy atom. The van der Waals surface area contributed by atoms with Crippen LogP contribution in [0.5, 0.6) is 5.75 Å². The van der Waals surface area contributed by atoms with E-state index in [9.17, 15) is 4.79 Å². The number of carbonyl (C=O) groups excluding carboxylic acids is 1. The molecule has 0 bridgehead atoms. The molecular weight excluding hydrogens is 254 g/mol. The maximum absolute atomic E-state index is 11.2. The van der Waals surface area contributed by atoms with Crippen molar-refractivity contribution in [1.29, 1.82) is 0 Å². The summed E-state index contributed by atoms with van der Waals surface area (Å²) < 4.78 is 10.2. The molecule has 2 atom stereocenters. The predicted molar refractivity (Wildman–Crippen MR) is 77.9 cm³/mol. The Labute approximate surface area is 120 Å². The number of hydrogen-bond donors (Lipinski definition) is 1. The van der Waals surface area contributed by atoms with E-state index < -0.39 is 0 Å². The first kappa shape index (κ1) is 14.9. The highest BCUT2D eigenvalue weighted by Gasteiger charge is 2.29. The molecule has 0 fully saturated rings. The second-order valence-corrected chi connectivity index (χ2v) is 5.24. The molecule has 2 N–H and O–H groups in total. The van der Waals surface area contributed by atoms with Crippen molar-refractivity contribution in [2.75, 3.05) is 13.7 Å². The Kier molecular flexibility index (Phi) is 5.01. The van der Waals surface area contributed by atoms with Gasteiger partial charge in [0, 0.05) is 12.5 Å². The summed E-state index contributed by atoms with van der Waals surface area (Å²) in [6.45, 7) is 2.65. The molecule has 4 heteroatoms. The minimum absolute atomic E-state index is 0.138. The van der Waals surface area contributed by atoms with E-state index in [0.29, 0.717) is 18.9 Å². The van der Waals surface area contributed by atoms with Crippen molar-refractivity contribution in [2.24, 2.45) is 5.73 Å². The molecule has 0 heterocycles. The highest BCUT2D eigenvalue weighted by atomic mass is 16.5. The van der Waals surface area contributed by atoms with Crippen LogP contribution >= 0.6 is 0 Å². The van der Waals surface area contributed by atoms with Crippen molar-refractivity contribution in [3.63, 3.8) is 0 Å². The van der Waals surface area contributed by atoms with Crippen molar-refractivity contribution in [3.8, 4) is 5.75 Å². The first-order valence-corrected chi connectivity index (χ1v) is 7.23. The average molecular weight is 277 g/mol. The zero-order chi connectivity index (χ0) is 14.5. The van der Waals surface area contributed by atoms with Crippen LogP contribution in [0.25, 0.3) is 0 Å². The summed E-state index contributed by atoms with van der Waals surface area (Å²) in [4.78, 5) is 11.2. The van der Waals surface area contributed by atoms with E-state index in [-0.39, 0.29) is 12.0 Å². The number of rotatable bonds is 6. The maximum Gasteiger partial charge on any atom is 0.305 e. The quantitative estimate of drug-likeness (QED) is 0.811. The highest BCUT2D eigenvalue weighted by molar-refractivity contribution is 5.69. The normalized spacial score (nSPS) is 20.6. The molecule has 2 unspecified atom stereocenters. The SMILES string of the molecule is CCOc1ccc2c(c1)CC(N)C2CCCC(=O)OC. The number of ether oxygens (including phenoxy) is 2. The van der Waals surface area contributed by atoms with Gasteiger partial charge in [0.05, 0.1) is 13.7 Å². The van der Waals surface area contributed by atoms with Gasteiger partial charge < -0.3 is 15.2 Å². The smallest absolute Gasteiger partial charge is 0.305 e. The van der Waals surface area contributed by atoms with Crippen LogP contribution in [0.1, 0.15) is 43.2 Å². The molecule has 0 aromatic heterocycles. The second kappa shape index (κ2) is 6.75. The summed E-state index contributed by atoms with van der Waals surface area (Å²) in [7, 11) is 1.42. The van der Waals surface area contributed by atoms with Crippen LogP contribution in [0.3, 0.4) is 0 Å². The van der Waals surface area contributed by atoms with Crippen LogP contribution in [0.2, 0.25) is 0 Å². The van der Waals surface area contributed by atoms with Gasteiger partial charge in [0.15, 0.2) is 0 Å². The Morgan fingerprint density at radius 2 is 2.25 bits per heavy atom. The number of benzene rings is 1. The fourth-order valence-corrected chi connectivity index (χ4v) is 2.94. The third-order valence-electron chi connectivity index (χ3n) is 3.92. The largest absolute Gasteiger partial charge is 0.494 e. The standard InChI is InChI=1S/C16H23NO3/c1-3-20-12-7-8-13-11(9-12)10-15(17)14(13)5-4-6-16(18)19-2/h7-9,14-15H,3-6,10,17H2,1-2H3. The maximum atomic E-state index is 11.2. The molecule has 0 saturated carbocycles. The lowest BCUT2D eigenvalue weighted by Gasteiger charge is -2.16. The minimum Gasteiger partial charge on any atom is -0.494 e. The lowest BCUT2D eigenvalue weighted by molar-refractivity contribution is -0.140. The van der Waals surface area contributed by atoms with E-state index >= 15 is 0 Å². The summed E-state index contributed by atoms with van der Waals surface area (Å²) in [6.07, 6.45) is 3.10. The second-order valence-electron chi connectivity index (χ2n) is 5.24. The molecule has 1 aliphatic carbocycles. The topological polar surface area (TPSA) is 61.5 Å². The van der Waals surface area contributed by atoms with Gasteiger partial charge >= 0.3 is 5.97 Å². The Hall–Kier alpha value is -1.55. The Balaban J connectivity index is 2.01. The van der Waals surface area contributed by atoms with Gasteiger partial charge in [0.1, 0.15) is 5.75 Å². The minimum atomic E-state index is -0.150. The monoisotopic (exact) mass is 277 g/mol. The van der Waals surface area contributed by atoms with E-state index in [0.717, 1.165) is 25.0 Å². The van der Waals surface area contributed by atoms with Crippen LogP contribution in [-0.2, 0) is 16.0 Å². The van der Waals surface area contributed by atoms with E-state index in [1.54, 1.807) is 0 Å². The molecule has 0 radical (unpaired) electrons. The molecule has 1 aliphatic rings. The number of hydrogen-bond acceptors (Lipinski definition) is 4. The lowest BCUT2D eigenvalue weighted by Crippen LogP contribution is -2.25. The fourth-order valence-electron chi connectivity index (χ4n) is 2.94. The first-order valence-electron chi connectivity index (χ1n) is 7.23. The van der Waals surface area contributed by atoms with Crippen molar-refractivity contribution in [1.82, 2.24) is 0 Å². The van der Waals surface area contributed by atoms with Crippen molar-refractivity contribution in [3.05, 3.63) is 29.3 Å². The van der Waals surface area contributed by atoms with E-state index in [1.165, 1.54) is 18.2 Å². The predicted octanol–water partition coefficient (Wildman–Crippen LogP) is 2.40. The van der Waals surface area contributed by atoms with Gasteiger partial charge in [-0.3, -0.25) is 4.79 Å². The lowest BCUT2D eigenvalue weighted by atomic mass is 9.93. The van der Waals surface area contributed by atoms with Gasteiger partial charge in [-0.1, -0.05) is 6.07 Å². The van der Waals surface area contributed by atoms with Crippen molar-refractivity contribution < 1.29 is 14.3 Å². The summed E-state index contributed by atoms with van der Waals surface area (Å²) >= 11 is 0. The van der Waals surface area contributed by atoms with Crippen molar-refractivity contribution >= 4 is 5.97 Å². The molecule has 4 nitrogen and oxygen atoms in total. The number of fused-ring (bicyclic) bond motifs is 1. The van der Waals surface area contributed by atoms with Crippen LogP contribution in [-0.4, -0.2) is 25.7 Å². The van der Waals surface area contributed by atoms with Crippen LogP contribution < -0.4 is 10.5 Å². The molecule has 1 aromatic carbocycles. The van der Waals surface area contributed by atoms with Gasteiger partial charge in [-0.2, -0.15) is 0 Å². The third-order valence-corrected chi connectivity index (χ3v) is 3.92. The zero-order valence-electron chi connectivity index (χ0n) is 12.2. The number of carbonyl (C=O) groups is 1. The van der Waals surface area contributed by atoms with Gasteiger partial charge in [-0.25, -0.2) is 0 Å². The van der Waals surface area contributed by atoms with Gasteiger partial charge in [0.25, 0.3) is 0 Å². The van der Waals surface area contributed by atoms with Crippen molar-refractivity contribution in [2.45, 2.75) is 44.6 Å².